The number of amidine groups is 1. The fourth-order valence-corrected chi connectivity index (χ4v) is 5.47. The lowest BCUT2D eigenvalue weighted by atomic mass is 10.0. The molecule has 2 fully saturated rings. The number of hydrogen-bond donors (Lipinski definition) is 1. The topological polar surface area (TPSA) is 97.0 Å². The van der Waals surface area contributed by atoms with Crippen molar-refractivity contribution in [2.24, 2.45) is 10.9 Å². The smallest absolute Gasteiger partial charge is 0.246 e. The lowest BCUT2D eigenvalue weighted by Gasteiger charge is -2.24. The van der Waals surface area contributed by atoms with Crippen LogP contribution in [0.3, 0.4) is 0 Å². The standard InChI is InChI=1S/C30H26F3N7O2/c31-20-6-7-26(22(32)12-20)42-21-13-24(25(41)10-17-3-8-27(33)34-14-17)39(16-21)30-37-29(23-2-1-9-40(23)38-30)36-28-11-19(15-35-28)18-4-5-18/h1-3,6-9,11-12,14,18,21,24H,4-5,10,13,15-16H2,(H,35,36,37,38)/t21-,24-/m0/s1. The number of nitrogens with zero attached hydrogens (tertiary/aromatic N) is 6. The molecule has 1 saturated heterocycles. The van der Waals surface area contributed by atoms with Crippen molar-refractivity contribution < 1.29 is 22.7 Å². The van der Waals surface area contributed by atoms with Gasteiger partial charge in [-0.05, 0) is 66.3 Å². The molecule has 0 radical (unpaired) electrons. The van der Waals surface area contributed by atoms with Gasteiger partial charge in [-0.15, -0.1) is 5.10 Å². The van der Waals surface area contributed by atoms with E-state index in [0.29, 0.717) is 23.8 Å². The lowest BCUT2D eigenvalue weighted by Crippen LogP contribution is -2.38. The number of halogens is 3. The number of aliphatic imine (C=N–C) groups is 1. The van der Waals surface area contributed by atoms with Gasteiger partial charge in [0.25, 0.3) is 0 Å². The molecule has 5 heterocycles. The molecule has 0 amide bonds. The molecule has 2 atom stereocenters. The van der Waals surface area contributed by atoms with Gasteiger partial charge < -0.3 is 15.0 Å². The van der Waals surface area contributed by atoms with Gasteiger partial charge >= 0.3 is 0 Å². The summed E-state index contributed by atoms with van der Waals surface area (Å²) in [4.78, 5) is 28.4. The molecule has 9 nitrogen and oxygen atoms in total. The quantitative estimate of drug-likeness (QED) is 0.309. The molecule has 0 spiro atoms. The highest BCUT2D eigenvalue weighted by atomic mass is 19.1. The Bertz CT molecular complexity index is 1730. The van der Waals surface area contributed by atoms with Crippen LogP contribution in [-0.2, 0) is 11.2 Å². The molecule has 7 rings (SSSR count). The predicted molar refractivity (Wildman–Crippen MR) is 149 cm³/mol. The van der Waals surface area contributed by atoms with Crippen molar-refractivity contribution in [3.05, 3.63) is 89.7 Å². The van der Waals surface area contributed by atoms with Crippen molar-refractivity contribution in [2.45, 2.75) is 37.8 Å². The molecular weight excluding hydrogens is 547 g/mol. The molecule has 3 aromatic heterocycles. The Labute approximate surface area is 238 Å². The highest BCUT2D eigenvalue weighted by molar-refractivity contribution is 6.07. The van der Waals surface area contributed by atoms with Gasteiger partial charge in [0.2, 0.25) is 11.9 Å². The number of Topliss-reactive ketones (excluding diaryl/α,β-unsaturated/α-hetero) is 1. The monoisotopic (exact) mass is 573 g/mol. The average Bonchev–Trinajstić information content (AvgIpc) is 3.33. The summed E-state index contributed by atoms with van der Waals surface area (Å²) in [6, 6.07) is 8.81. The van der Waals surface area contributed by atoms with Crippen LogP contribution in [0.15, 0.2) is 71.5 Å². The number of carbonyl (C=O) groups is 1. The van der Waals surface area contributed by atoms with Gasteiger partial charge in [-0.2, -0.15) is 9.37 Å². The van der Waals surface area contributed by atoms with Gasteiger partial charge in [-0.25, -0.2) is 18.3 Å². The summed E-state index contributed by atoms with van der Waals surface area (Å²) in [6.45, 7) is 0.843. The third-order valence-corrected chi connectivity index (χ3v) is 7.73. The van der Waals surface area contributed by atoms with E-state index in [2.05, 4.69) is 26.5 Å². The van der Waals surface area contributed by atoms with Gasteiger partial charge in [0.05, 0.1) is 19.1 Å². The zero-order valence-corrected chi connectivity index (χ0v) is 22.4. The number of ether oxygens (including phenoxy) is 1. The maximum Gasteiger partial charge on any atom is 0.246 e. The first-order valence-electron chi connectivity index (χ1n) is 13.8. The van der Waals surface area contributed by atoms with E-state index in [4.69, 9.17) is 9.72 Å². The summed E-state index contributed by atoms with van der Waals surface area (Å²) in [7, 11) is 0. The summed E-state index contributed by atoms with van der Waals surface area (Å²) < 4.78 is 48.9. The Morgan fingerprint density at radius 1 is 1.12 bits per heavy atom. The first-order valence-corrected chi connectivity index (χ1v) is 13.8. The molecule has 3 aliphatic rings. The van der Waals surface area contributed by atoms with Gasteiger partial charge in [-0.1, -0.05) is 6.07 Å². The SMILES string of the molecule is O=C(Cc1ccc(F)nc1)[C@@H]1C[C@H](Oc2ccc(F)cc2F)CN1c1nc(NC2=NCC(C3CC3)=C2)c2cccn2n1. The number of ketones is 1. The van der Waals surface area contributed by atoms with Crippen LogP contribution < -0.4 is 15.0 Å². The lowest BCUT2D eigenvalue weighted by molar-refractivity contribution is -0.119. The fraction of sp³-hybridized carbons (Fsp3) is 0.300. The molecule has 1 N–H and O–H groups in total. The molecule has 1 aliphatic carbocycles. The number of aromatic nitrogens is 4. The number of pyridine rings is 1. The zero-order valence-electron chi connectivity index (χ0n) is 22.4. The molecule has 214 valence electrons. The molecule has 1 aromatic carbocycles. The van der Waals surface area contributed by atoms with Crippen LogP contribution in [0.1, 0.15) is 24.8 Å². The number of nitrogens with one attached hydrogen (secondary N) is 1. The van der Waals surface area contributed by atoms with E-state index in [1.165, 1.54) is 42.8 Å². The van der Waals surface area contributed by atoms with Crippen molar-refractivity contribution in [3.63, 3.8) is 0 Å². The summed E-state index contributed by atoms with van der Waals surface area (Å²) in [5.74, 6) is -0.353. The third-order valence-electron chi connectivity index (χ3n) is 7.73. The van der Waals surface area contributed by atoms with Crippen LogP contribution >= 0.6 is 0 Å². The number of hydrogen-bond acceptors (Lipinski definition) is 8. The normalized spacial score (nSPS) is 20.1. The Morgan fingerprint density at radius 2 is 2.00 bits per heavy atom. The molecule has 0 bridgehead atoms. The van der Waals surface area contributed by atoms with Crippen LogP contribution in [0.2, 0.25) is 0 Å². The Morgan fingerprint density at radius 3 is 2.79 bits per heavy atom. The number of rotatable bonds is 8. The van der Waals surface area contributed by atoms with Crippen molar-refractivity contribution in [1.29, 1.82) is 0 Å². The number of benzene rings is 1. The van der Waals surface area contributed by atoms with Crippen LogP contribution in [0.25, 0.3) is 5.52 Å². The van der Waals surface area contributed by atoms with Crippen LogP contribution in [0.5, 0.6) is 5.75 Å². The van der Waals surface area contributed by atoms with Crippen molar-refractivity contribution in [2.75, 3.05) is 23.3 Å². The summed E-state index contributed by atoms with van der Waals surface area (Å²) in [6.07, 6.45) is 7.15. The fourth-order valence-electron chi connectivity index (χ4n) is 5.47. The maximum absolute atomic E-state index is 14.4. The zero-order chi connectivity index (χ0) is 28.8. The molecular formula is C30H26F3N7O2. The van der Waals surface area contributed by atoms with E-state index in [0.717, 1.165) is 23.5 Å². The molecule has 4 aromatic rings. The van der Waals surface area contributed by atoms with Crippen LogP contribution in [0.4, 0.5) is 24.9 Å². The molecule has 1 saturated carbocycles. The first-order chi connectivity index (χ1) is 20.4. The van der Waals surface area contributed by atoms with Gasteiger partial charge in [-0.3, -0.25) is 9.79 Å². The van der Waals surface area contributed by atoms with Gasteiger partial charge in [0, 0.05) is 31.3 Å². The second-order valence-corrected chi connectivity index (χ2v) is 10.8. The number of anilines is 2. The molecule has 0 unspecified atom stereocenters. The van der Waals surface area contributed by atoms with E-state index < -0.39 is 29.7 Å². The van der Waals surface area contributed by atoms with Crippen molar-refractivity contribution in [3.8, 4) is 5.75 Å². The Kier molecular flexibility index (Phi) is 6.60. The highest BCUT2D eigenvalue weighted by Crippen LogP contribution is 2.38. The molecule has 12 heteroatoms. The summed E-state index contributed by atoms with van der Waals surface area (Å²) >= 11 is 0. The second-order valence-electron chi connectivity index (χ2n) is 10.8. The summed E-state index contributed by atoms with van der Waals surface area (Å²) in [5, 5.41) is 8.00. The molecule has 42 heavy (non-hydrogen) atoms. The minimum Gasteiger partial charge on any atom is -0.485 e. The minimum absolute atomic E-state index is 0.00546. The van der Waals surface area contributed by atoms with E-state index in [1.54, 1.807) is 15.6 Å². The number of carbonyl (C=O) groups excluding carboxylic acids is 1. The second kappa shape index (κ2) is 10.6. The van der Waals surface area contributed by atoms with Crippen molar-refractivity contribution >= 4 is 28.9 Å². The Hall–Kier alpha value is -4.74. The van der Waals surface area contributed by atoms with E-state index in [-0.39, 0.29) is 36.9 Å². The number of fused-ring (bicyclic) bond motifs is 1. The van der Waals surface area contributed by atoms with E-state index >= 15 is 0 Å². The minimum atomic E-state index is -0.832. The van der Waals surface area contributed by atoms with Gasteiger partial charge in [0.1, 0.15) is 23.3 Å². The maximum atomic E-state index is 14.4. The van der Waals surface area contributed by atoms with Gasteiger partial charge in [0.15, 0.2) is 23.2 Å². The molecule has 2 aliphatic heterocycles. The first kappa shape index (κ1) is 26.2. The predicted octanol–water partition coefficient (Wildman–Crippen LogP) is 4.54. The summed E-state index contributed by atoms with van der Waals surface area (Å²) in [5.41, 5.74) is 2.60. The van der Waals surface area contributed by atoms with E-state index in [9.17, 15) is 18.0 Å². The van der Waals surface area contributed by atoms with Crippen molar-refractivity contribution in [1.82, 2.24) is 19.6 Å². The van der Waals surface area contributed by atoms with Crippen LogP contribution in [-0.4, -0.2) is 56.4 Å². The Balaban J connectivity index is 1.20. The van der Waals surface area contributed by atoms with E-state index in [1.807, 2.05) is 12.1 Å². The average molecular weight is 574 g/mol. The largest absolute Gasteiger partial charge is 0.485 e. The third kappa shape index (κ3) is 5.31. The van der Waals surface area contributed by atoms with Crippen LogP contribution in [0, 0.1) is 23.5 Å². The highest BCUT2D eigenvalue weighted by Gasteiger charge is 2.40.